The zero-order valence-corrected chi connectivity index (χ0v) is 12.7. The normalized spacial score (nSPS) is 21.6. The van der Waals surface area contributed by atoms with E-state index in [2.05, 4.69) is 0 Å². The van der Waals surface area contributed by atoms with Crippen molar-refractivity contribution in [2.75, 3.05) is 26.3 Å². The van der Waals surface area contributed by atoms with Crippen molar-refractivity contribution in [2.45, 2.75) is 25.4 Å². The smallest absolute Gasteiger partial charge is 0.260 e. The predicted molar refractivity (Wildman–Crippen MR) is 80.6 cm³/mol. The van der Waals surface area contributed by atoms with E-state index in [9.17, 15) is 4.79 Å². The van der Waals surface area contributed by atoms with Crippen molar-refractivity contribution < 1.29 is 14.3 Å². The van der Waals surface area contributed by atoms with Gasteiger partial charge in [-0.2, -0.15) is 0 Å². The molecule has 0 radical (unpaired) electrons. The molecular formula is C16H20ClNO3. The second-order valence-corrected chi connectivity index (χ2v) is 6.21. The van der Waals surface area contributed by atoms with Gasteiger partial charge in [-0.15, -0.1) is 0 Å². The van der Waals surface area contributed by atoms with Crippen LogP contribution < -0.4 is 4.74 Å². The van der Waals surface area contributed by atoms with Crippen LogP contribution in [0.2, 0.25) is 5.02 Å². The van der Waals surface area contributed by atoms with Gasteiger partial charge in [-0.05, 0) is 49.4 Å². The number of carbonyl (C=O) groups excluding carboxylic acids is 1. The van der Waals surface area contributed by atoms with Gasteiger partial charge in [-0.25, -0.2) is 0 Å². The molecule has 1 atom stereocenters. The molecule has 1 aliphatic heterocycles. The van der Waals surface area contributed by atoms with Crippen LogP contribution in [0.5, 0.6) is 5.75 Å². The number of likely N-dealkylation sites (tertiary alicyclic amines) is 1. The van der Waals surface area contributed by atoms with Crippen molar-refractivity contribution in [1.29, 1.82) is 0 Å². The minimum Gasteiger partial charge on any atom is -0.484 e. The van der Waals surface area contributed by atoms with E-state index in [1.54, 1.807) is 24.3 Å². The van der Waals surface area contributed by atoms with Crippen LogP contribution >= 0.6 is 11.6 Å². The molecule has 1 heterocycles. The van der Waals surface area contributed by atoms with Gasteiger partial charge in [0.1, 0.15) is 5.75 Å². The Morgan fingerprint density at radius 3 is 2.71 bits per heavy atom. The molecule has 0 bridgehead atoms. The number of benzene rings is 1. The third kappa shape index (κ3) is 4.35. The van der Waals surface area contributed by atoms with E-state index in [-0.39, 0.29) is 18.6 Å². The Balaban J connectivity index is 1.39. The van der Waals surface area contributed by atoms with Crippen LogP contribution in [-0.4, -0.2) is 43.2 Å². The lowest BCUT2D eigenvalue weighted by molar-refractivity contribution is -0.132. The fraction of sp³-hybridized carbons (Fsp3) is 0.562. The molecule has 0 spiro atoms. The lowest BCUT2D eigenvalue weighted by atomic mass is 10.3. The van der Waals surface area contributed by atoms with Crippen LogP contribution in [0.1, 0.15) is 19.3 Å². The zero-order chi connectivity index (χ0) is 14.7. The number of nitrogens with zero attached hydrogens (tertiary/aromatic N) is 1. The number of halogens is 1. The van der Waals surface area contributed by atoms with Gasteiger partial charge >= 0.3 is 0 Å². The van der Waals surface area contributed by atoms with Gasteiger partial charge in [-0.3, -0.25) is 4.79 Å². The van der Waals surface area contributed by atoms with Crippen molar-refractivity contribution in [3.05, 3.63) is 29.3 Å². The predicted octanol–water partition coefficient (Wildman–Crippen LogP) is 2.75. The summed E-state index contributed by atoms with van der Waals surface area (Å²) in [5.41, 5.74) is 0. The van der Waals surface area contributed by atoms with Crippen LogP contribution in [0, 0.1) is 5.92 Å². The molecule has 2 aliphatic rings. The Kier molecular flexibility index (Phi) is 4.66. The van der Waals surface area contributed by atoms with Gasteiger partial charge in [-0.1, -0.05) is 11.6 Å². The monoisotopic (exact) mass is 309 g/mol. The largest absolute Gasteiger partial charge is 0.484 e. The van der Waals surface area contributed by atoms with Crippen molar-refractivity contribution in [3.8, 4) is 5.75 Å². The zero-order valence-electron chi connectivity index (χ0n) is 12.0. The summed E-state index contributed by atoms with van der Waals surface area (Å²) in [5.74, 6) is 1.44. The first-order valence-electron chi connectivity index (χ1n) is 7.48. The highest BCUT2D eigenvalue weighted by Gasteiger charge is 2.29. The number of hydrogen-bond donors (Lipinski definition) is 0. The van der Waals surface area contributed by atoms with E-state index in [1.807, 2.05) is 4.90 Å². The number of carbonyl (C=O) groups is 1. The number of amides is 1. The molecule has 0 N–H and O–H groups in total. The van der Waals surface area contributed by atoms with E-state index in [0.29, 0.717) is 17.3 Å². The first kappa shape index (κ1) is 14.7. The van der Waals surface area contributed by atoms with Crippen molar-refractivity contribution in [3.63, 3.8) is 0 Å². The fourth-order valence-electron chi connectivity index (χ4n) is 2.41. The minimum absolute atomic E-state index is 0.0162. The lowest BCUT2D eigenvalue weighted by Gasteiger charge is -2.17. The number of rotatable bonds is 6. The molecule has 1 amide bonds. The molecule has 1 saturated carbocycles. The van der Waals surface area contributed by atoms with E-state index in [1.165, 1.54) is 12.8 Å². The average Bonchev–Trinajstić information content (AvgIpc) is 3.20. The van der Waals surface area contributed by atoms with Crippen molar-refractivity contribution >= 4 is 17.5 Å². The molecule has 2 fully saturated rings. The highest BCUT2D eigenvalue weighted by Crippen LogP contribution is 2.30. The highest BCUT2D eigenvalue weighted by molar-refractivity contribution is 6.30. The standard InChI is InChI=1S/C16H20ClNO3/c17-13-3-5-14(6-4-13)21-11-16(19)18-8-7-15(9-18)20-10-12-1-2-12/h3-6,12,15H,1-2,7-11H2/t15-/m1/s1. The maximum atomic E-state index is 12.1. The molecular weight excluding hydrogens is 290 g/mol. The Morgan fingerprint density at radius 1 is 1.24 bits per heavy atom. The minimum atomic E-state index is 0.0162. The summed E-state index contributed by atoms with van der Waals surface area (Å²) in [7, 11) is 0. The summed E-state index contributed by atoms with van der Waals surface area (Å²) in [6.07, 6.45) is 3.72. The first-order chi connectivity index (χ1) is 10.2. The van der Waals surface area contributed by atoms with Crippen LogP contribution in [-0.2, 0) is 9.53 Å². The van der Waals surface area contributed by atoms with Gasteiger partial charge in [0.15, 0.2) is 6.61 Å². The highest BCUT2D eigenvalue weighted by atomic mass is 35.5. The molecule has 4 nitrogen and oxygen atoms in total. The molecule has 3 rings (SSSR count). The summed E-state index contributed by atoms with van der Waals surface area (Å²) in [6, 6.07) is 7.03. The van der Waals surface area contributed by atoms with Crippen molar-refractivity contribution in [1.82, 2.24) is 4.90 Å². The fourth-order valence-corrected chi connectivity index (χ4v) is 2.54. The van der Waals surface area contributed by atoms with Gasteiger partial charge in [0.25, 0.3) is 5.91 Å². The number of ether oxygens (including phenoxy) is 2. The third-order valence-electron chi connectivity index (χ3n) is 3.94. The Morgan fingerprint density at radius 2 is 2.00 bits per heavy atom. The van der Waals surface area contributed by atoms with E-state index < -0.39 is 0 Å². The van der Waals surface area contributed by atoms with Crippen LogP contribution in [0.15, 0.2) is 24.3 Å². The molecule has 1 aromatic carbocycles. The van der Waals surface area contributed by atoms with Crippen LogP contribution in [0.4, 0.5) is 0 Å². The maximum Gasteiger partial charge on any atom is 0.260 e. The summed E-state index contributed by atoms with van der Waals surface area (Å²) in [6.45, 7) is 2.37. The van der Waals surface area contributed by atoms with Gasteiger partial charge < -0.3 is 14.4 Å². The molecule has 0 aromatic heterocycles. The van der Waals surface area contributed by atoms with Gasteiger partial charge in [0.2, 0.25) is 0 Å². The molecule has 5 heteroatoms. The van der Waals surface area contributed by atoms with Crippen molar-refractivity contribution in [2.24, 2.45) is 5.92 Å². The van der Waals surface area contributed by atoms with E-state index in [0.717, 1.165) is 25.5 Å². The number of hydrogen-bond acceptors (Lipinski definition) is 3. The average molecular weight is 310 g/mol. The Labute approximate surface area is 130 Å². The molecule has 0 unspecified atom stereocenters. The second-order valence-electron chi connectivity index (χ2n) is 5.77. The Hall–Kier alpha value is -1.26. The van der Waals surface area contributed by atoms with E-state index in [4.69, 9.17) is 21.1 Å². The Bertz CT molecular complexity index is 487. The molecule has 1 aromatic rings. The van der Waals surface area contributed by atoms with Gasteiger partial charge in [0.05, 0.1) is 6.10 Å². The third-order valence-corrected chi connectivity index (χ3v) is 4.19. The molecule has 21 heavy (non-hydrogen) atoms. The SMILES string of the molecule is O=C(COc1ccc(Cl)cc1)N1CC[C@@H](OCC2CC2)C1. The summed E-state index contributed by atoms with van der Waals surface area (Å²) >= 11 is 5.81. The van der Waals surface area contributed by atoms with E-state index >= 15 is 0 Å². The molecule has 1 aliphatic carbocycles. The topological polar surface area (TPSA) is 38.8 Å². The first-order valence-corrected chi connectivity index (χ1v) is 7.86. The summed E-state index contributed by atoms with van der Waals surface area (Å²) in [5, 5.41) is 0.656. The quantitative estimate of drug-likeness (QED) is 0.811. The maximum absolute atomic E-state index is 12.1. The van der Waals surface area contributed by atoms with Gasteiger partial charge in [0, 0.05) is 24.7 Å². The van der Waals surface area contributed by atoms with Crippen LogP contribution in [0.25, 0.3) is 0 Å². The summed E-state index contributed by atoms with van der Waals surface area (Å²) in [4.78, 5) is 13.9. The lowest BCUT2D eigenvalue weighted by Crippen LogP contribution is -2.34. The second kappa shape index (κ2) is 6.67. The summed E-state index contributed by atoms with van der Waals surface area (Å²) < 4.78 is 11.3. The molecule has 114 valence electrons. The molecule has 1 saturated heterocycles. The van der Waals surface area contributed by atoms with Crippen LogP contribution in [0.3, 0.4) is 0 Å².